The second kappa shape index (κ2) is 3.68. The van der Waals surface area contributed by atoms with Gasteiger partial charge in [-0.15, -0.1) is 0 Å². The zero-order valence-electron chi connectivity index (χ0n) is 7.93. The van der Waals surface area contributed by atoms with Crippen molar-refractivity contribution in [2.75, 3.05) is 0 Å². The van der Waals surface area contributed by atoms with Crippen LogP contribution in [-0.2, 0) is 10.1 Å². The fourth-order valence-electron chi connectivity index (χ4n) is 1.21. The van der Waals surface area contributed by atoms with Gasteiger partial charge in [0.2, 0.25) is 0 Å². The van der Waals surface area contributed by atoms with E-state index in [1.54, 1.807) is 13.0 Å². The van der Waals surface area contributed by atoms with Crippen molar-refractivity contribution in [3.8, 4) is 0 Å². The Bertz CT molecular complexity index is 434. The fourth-order valence-corrected chi connectivity index (χ4v) is 2.08. The van der Waals surface area contributed by atoms with E-state index in [1.165, 1.54) is 19.1 Å². The normalized spacial score (nSPS) is 14.0. The van der Waals surface area contributed by atoms with Gasteiger partial charge in [0.15, 0.2) is 0 Å². The van der Waals surface area contributed by atoms with Crippen LogP contribution in [0.5, 0.6) is 0 Å². The SMILES string of the molecule is Cc1ccc(C(C)O)c(S(=O)(=O)O)c1. The van der Waals surface area contributed by atoms with Gasteiger partial charge in [0, 0.05) is 5.56 Å². The highest BCUT2D eigenvalue weighted by molar-refractivity contribution is 7.85. The van der Waals surface area contributed by atoms with Crippen molar-refractivity contribution in [3.63, 3.8) is 0 Å². The third-order valence-electron chi connectivity index (χ3n) is 1.90. The molecule has 5 heteroatoms. The summed E-state index contributed by atoms with van der Waals surface area (Å²) in [6.45, 7) is 3.15. The molecule has 0 heterocycles. The van der Waals surface area contributed by atoms with E-state index in [0.717, 1.165) is 0 Å². The van der Waals surface area contributed by atoms with Crippen molar-refractivity contribution >= 4 is 10.1 Å². The molecule has 0 amide bonds. The minimum atomic E-state index is -4.26. The van der Waals surface area contributed by atoms with E-state index in [2.05, 4.69) is 0 Å². The molecule has 1 rings (SSSR count). The van der Waals surface area contributed by atoms with Gasteiger partial charge in [0.05, 0.1) is 11.0 Å². The van der Waals surface area contributed by atoms with Crippen LogP contribution >= 0.6 is 0 Å². The maximum atomic E-state index is 11.0. The first-order valence-corrected chi connectivity index (χ1v) is 5.52. The van der Waals surface area contributed by atoms with Crippen molar-refractivity contribution in [2.45, 2.75) is 24.8 Å². The lowest BCUT2D eigenvalue weighted by Gasteiger charge is -2.10. The zero-order chi connectivity index (χ0) is 10.9. The molecule has 1 atom stereocenters. The minimum absolute atomic E-state index is 0.207. The van der Waals surface area contributed by atoms with E-state index < -0.39 is 16.2 Å². The van der Waals surface area contributed by atoms with Crippen LogP contribution in [-0.4, -0.2) is 18.1 Å². The molecule has 1 unspecified atom stereocenters. The summed E-state index contributed by atoms with van der Waals surface area (Å²) in [5.74, 6) is 0. The van der Waals surface area contributed by atoms with Gasteiger partial charge in [-0.2, -0.15) is 8.42 Å². The Morgan fingerprint density at radius 1 is 1.36 bits per heavy atom. The number of rotatable bonds is 2. The van der Waals surface area contributed by atoms with Gasteiger partial charge in [-0.25, -0.2) is 0 Å². The summed E-state index contributed by atoms with van der Waals surface area (Å²) in [4.78, 5) is -0.229. The van der Waals surface area contributed by atoms with E-state index >= 15 is 0 Å². The summed E-state index contributed by atoms with van der Waals surface area (Å²) in [5.41, 5.74) is 0.917. The quantitative estimate of drug-likeness (QED) is 0.730. The minimum Gasteiger partial charge on any atom is -0.389 e. The van der Waals surface area contributed by atoms with Crippen LogP contribution in [0, 0.1) is 6.92 Å². The molecule has 14 heavy (non-hydrogen) atoms. The van der Waals surface area contributed by atoms with E-state index in [4.69, 9.17) is 4.55 Å². The predicted octanol–water partition coefficient (Wildman–Crippen LogP) is 1.30. The highest BCUT2D eigenvalue weighted by Gasteiger charge is 2.17. The highest BCUT2D eigenvalue weighted by atomic mass is 32.2. The Labute approximate surface area is 82.9 Å². The Morgan fingerprint density at radius 2 is 1.93 bits per heavy atom. The van der Waals surface area contributed by atoms with Crippen LogP contribution in [0.2, 0.25) is 0 Å². The second-order valence-corrected chi connectivity index (χ2v) is 4.58. The standard InChI is InChI=1S/C9H12O4S/c1-6-3-4-8(7(2)10)9(5-6)14(11,12)13/h3-5,7,10H,1-2H3,(H,11,12,13). The van der Waals surface area contributed by atoms with Gasteiger partial charge < -0.3 is 5.11 Å². The zero-order valence-corrected chi connectivity index (χ0v) is 8.75. The molecule has 0 aliphatic rings. The monoisotopic (exact) mass is 216 g/mol. The molecule has 0 aromatic heterocycles. The first-order valence-electron chi connectivity index (χ1n) is 4.08. The molecule has 0 aliphatic carbocycles. The Balaban J connectivity index is 3.46. The highest BCUT2D eigenvalue weighted by Crippen LogP contribution is 2.23. The third-order valence-corrected chi connectivity index (χ3v) is 2.81. The van der Waals surface area contributed by atoms with Gasteiger partial charge >= 0.3 is 0 Å². The van der Waals surface area contributed by atoms with E-state index in [9.17, 15) is 13.5 Å². The lowest BCUT2D eigenvalue weighted by atomic mass is 10.1. The third kappa shape index (κ3) is 2.31. The summed E-state index contributed by atoms with van der Waals surface area (Å²) in [6.07, 6.45) is -0.924. The van der Waals surface area contributed by atoms with Gasteiger partial charge in [0.25, 0.3) is 10.1 Å². The number of aliphatic hydroxyl groups is 1. The molecule has 1 aromatic rings. The topological polar surface area (TPSA) is 74.6 Å². The van der Waals surface area contributed by atoms with Crippen LogP contribution in [0.1, 0.15) is 24.2 Å². The maximum absolute atomic E-state index is 11.0. The molecule has 1 aromatic carbocycles. The van der Waals surface area contributed by atoms with Gasteiger partial charge in [-0.05, 0) is 25.5 Å². The summed E-state index contributed by atoms with van der Waals surface area (Å²) in [5, 5.41) is 9.28. The van der Waals surface area contributed by atoms with Crippen LogP contribution in [0.15, 0.2) is 23.1 Å². The summed E-state index contributed by atoms with van der Waals surface area (Å²) < 4.78 is 30.8. The predicted molar refractivity (Wildman–Crippen MR) is 51.6 cm³/mol. The number of benzene rings is 1. The first-order chi connectivity index (χ1) is 6.32. The van der Waals surface area contributed by atoms with Crippen molar-refractivity contribution in [1.82, 2.24) is 0 Å². The molecule has 0 bridgehead atoms. The molecule has 0 spiro atoms. The summed E-state index contributed by atoms with van der Waals surface area (Å²) in [7, 11) is -4.26. The van der Waals surface area contributed by atoms with Crippen LogP contribution < -0.4 is 0 Å². The Kier molecular flexibility index (Phi) is 2.94. The second-order valence-electron chi connectivity index (χ2n) is 3.19. The van der Waals surface area contributed by atoms with Gasteiger partial charge in [-0.3, -0.25) is 4.55 Å². The molecule has 0 aliphatic heterocycles. The molecule has 0 saturated heterocycles. The van der Waals surface area contributed by atoms with Gasteiger partial charge in [0.1, 0.15) is 0 Å². The van der Waals surface area contributed by atoms with Crippen LogP contribution in [0.25, 0.3) is 0 Å². The molecular weight excluding hydrogens is 204 g/mol. The smallest absolute Gasteiger partial charge is 0.294 e. The number of aliphatic hydroxyl groups excluding tert-OH is 1. The van der Waals surface area contributed by atoms with E-state index in [1.807, 2.05) is 0 Å². The molecule has 4 nitrogen and oxygen atoms in total. The molecule has 78 valence electrons. The van der Waals surface area contributed by atoms with Crippen LogP contribution in [0.3, 0.4) is 0 Å². The number of hydrogen-bond donors (Lipinski definition) is 2. The average Bonchev–Trinajstić information content (AvgIpc) is 2.01. The maximum Gasteiger partial charge on any atom is 0.294 e. The van der Waals surface area contributed by atoms with Crippen molar-refractivity contribution in [3.05, 3.63) is 29.3 Å². The van der Waals surface area contributed by atoms with Crippen LogP contribution in [0.4, 0.5) is 0 Å². The lowest BCUT2D eigenvalue weighted by molar-refractivity contribution is 0.195. The molecular formula is C9H12O4S. The molecule has 0 radical (unpaired) electrons. The molecule has 0 saturated carbocycles. The lowest BCUT2D eigenvalue weighted by Crippen LogP contribution is -2.05. The average molecular weight is 216 g/mol. The number of hydrogen-bond acceptors (Lipinski definition) is 3. The van der Waals surface area contributed by atoms with Crippen molar-refractivity contribution in [1.29, 1.82) is 0 Å². The van der Waals surface area contributed by atoms with E-state index in [0.29, 0.717) is 5.56 Å². The van der Waals surface area contributed by atoms with Crippen molar-refractivity contribution in [2.24, 2.45) is 0 Å². The molecule has 2 N–H and O–H groups in total. The summed E-state index contributed by atoms with van der Waals surface area (Å²) >= 11 is 0. The van der Waals surface area contributed by atoms with E-state index in [-0.39, 0.29) is 10.5 Å². The number of aryl methyl sites for hydroxylation is 1. The Morgan fingerprint density at radius 3 is 2.36 bits per heavy atom. The van der Waals surface area contributed by atoms with Crippen molar-refractivity contribution < 1.29 is 18.1 Å². The molecule has 0 fully saturated rings. The largest absolute Gasteiger partial charge is 0.389 e. The Hall–Kier alpha value is -0.910. The fraction of sp³-hybridized carbons (Fsp3) is 0.333. The summed E-state index contributed by atoms with van der Waals surface area (Å²) in [6, 6.07) is 4.50. The first kappa shape index (κ1) is 11.2. The van der Waals surface area contributed by atoms with Gasteiger partial charge in [-0.1, -0.05) is 12.1 Å².